The predicted molar refractivity (Wildman–Crippen MR) is 111 cm³/mol. The number of aliphatic carboxylic acids is 2. The summed E-state index contributed by atoms with van der Waals surface area (Å²) in [7, 11) is 0. The van der Waals surface area contributed by atoms with Crippen LogP contribution >= 0.6 is 25.3 Å². The number of carboxylic acids is 2. The molecule has 0 heterocycles. The van der Waals surface area contributed by atoms with Crippen LogP contribution in [0.4, 0.5) is 0 Å². The van der Waals surface area contributed by atoms with Crippen molar-refractivity contribution in [2.45, 2.75) is 50.9 Å². The van der Waals surface area contributed by atoms with E-state index in [0.717, 1.165) is 0 Å². The molecule has 0 aliphatic carbocycles. The van der Waals surface area contributed by atoms with Crippen molar-refractivity contribution in [1.29, 1.82) is 0 Å². The molecule has 0 spiro atoms. The molecule has 0 bridgehead atoms. The minimum absolute atomic E-state index is 0.0603. The van der Waals surface area contributed by atoms with E-state index in [1.165, 1.54) is 0 Å². The molecule has 0 aromatic heterocycles. The second-order valence-electron chi connectivity index (χ2n) is 6.40. The number of amides is 3. The molecule has 0 saturated heterocycles. The molecule has 11 nitrogen and oxygen atoms in total. The summed E-state index contributed by atoms with van der Waals surface area (Å²) in [4.78, 5) is 58.9. The van der Waals surface area contributed by atoms with E-state index in [4.69, 9.17) is 15.9 Å². The minimum Gasteiger partial charge on any atom is -0.481 e. The first-order chi connectivity index (χ1) is 13.5. The number of carbonyl (C=O) groups excluding carboxylic acids is 3. The minimum atomic E-state index is -1.66. The molecule has 29 heavy (non-hydrogen) atoms. The fourth-order valence-electron chi connectivity index (χ4n) is 2.15. The summed E-state index contributed by atoms with van der Waals surface area (Å²) in [5.74, 6) is -5.53. The smallest absolute Gasteiger partial charge is 0.326 e. The summed E-state index contributed by atoms with van der Waals surface area (Å²) < 4.78 is 0. The van der Waals surface area contributed by atoms with Crippen LogP contribution in [0.2, 0.25) is 0 Å². The Balaban J connectivity index is 5.33. The number of nitrogens with one attached hydrogen (secondary N) is 3. The van der Waals surface area contributed by atoms with E-state index in [2.05, 4.69) is 41.2 Å². The topological polar surface area (TPSA) is 188 Å². The molecule has 0 fully saturated rings. The van der Waals surface area contributed by atoms with Gasteiger partial charge >= 0.3 is 11.9 Å². The van der Waals surface area contributed by atoms with Gasteiger partial charge in [0.05, 0.1) is 12.5 Å². The highest BCUT2D eigenvalue weighted by molar-refractivity contribution is 7.80. The second kappa shape index (κ2) is 13.3. The van der Waals surface area contributed by atoms with E-state index in [9.17, 15) is 24.0 Å². The van der Waals surface area contributed by atoms with Gasteiger partial charge in [0.1, 0.15) is 18.1 Å². The van der Waals surface area contributed by atoms with Crippen molar-refractivity contribution in [3.8, 4) is 0 Å². The van der Waals surface area contributed by atoms with Crippen LogP contribution in [0.1, 0.15) is 26.7 Å². The molecule has 7 N–H and O–H groups in total. The molecular formula is C16H28N4O7S2. The molecular weight excluding hydrogens is 424 g/mol. The van der Waals surface area contributed by atoms with Crippen molar-refractivity contribution in [3.63, 3.8) is 0 Å². The largest absolute Gasteiger partial charge is 0.481 e. The third kappa shape index (κ3) is 9.37. The normalized spacial score (nSPS) is 15.9. The monoisotopic (exact) mass is 452 g/mol. The summed E-state index contributed by atoms with van der Waals surface area (Å²) >= 11 is 7.92. The van der Waals surface area contributed by atoms with Gasteiger partial charge in [-0.3, -0.25) is 19.2 Å². The zero-order valence-corrected chi connectivity index (χ0v) is 17.9. The van der Waals surface area contributed by atoms with Crippen LogP contribution in [-0.2, 0) is 24.0 Å². The summed E-state index contributed by atoms with van der Waals surface area (Å²) in [5, 5.41) is 24.9. The molecule has 0 saturated carbocycles. The molecule has 0 rings (SSSR count). The Morgan fingerprint density at radius 2 is 1.45 bits per heavy atom. The van der Waals surface area contributed by atoms with Crippen molar-refractivity contribution < 1.29 is 34.2 Å². The van der Waals surface area contributed by atoms with Crippen molar-refractivity contribution in [1.82, 2.24) is 16.0 Å². The second-order valence-corrected chi connectivity index (χ2v) is 7.13. The van der Waals surface area contributed by atoms with Crippen LogP contribution in [0.3, 0.4) is 0 Å². The van der Waals surface area contributed by atoms with Gasteiger partial charge in [-0.2, -0.15) is 25.3 Å². The molecule has 5 unspecified atom stereocenters. The van der Waals surface area contributed by atoms with Gasteiger partial charge in [0, 0.05) is 11.5 Å². The number of carbonyl (C=O) groups is 5. The Kier molecular flexibility index (Phi) is 12.4. The maximum atomic E-state index is 12.5. The van der Waals surface area contributed by atoms with E-state index >= 15 is 0 Å². The molecule has 0 radical (unpaired) electrons. The average molecular weight is 453 g/mol. The SMILES string of the molecule is CCC(C)C(NC(=O)C(CS)NC(=O)C(N)CS)C(=O)NC(CC(=O)O)C(=O)O. The lowest BCUT2D eigenvalue weighted by Gasteiger charge is -2.27. The van der Waals surface area contributed by atoms with Crippen LogP contribution in [0, 0.1) is 5.92 Å². The van der Waals surface area contributed by atoms with Gasteiger partial charge in [-0.05, 0) is 5.92 Å². The molecule has 0 aromatic rings. The molecule has 0 aliphatic heterocycles. The Bertz CT molecular complexity index is 620. The summed E-state index contributed by atoms with van der Waals surface area (Å²) in [5.41, 5.74) is 5.55. The van der Waals surface area contributed by atoms with Gasteiger partial charge in [0.15, 0.2) is 0 Å². The maximum absolute atomic E-state index is 12.5. The third-order valence-corrected chi connectivity index (χ3v) is 4.89. The lowest BCUT2D eigenvalue weighted by molar-refractivity contribution is -0.147. The van der Waals surface area contributed by atoms with E-state index < -0.39 is 66.2 Å². The number of nitrogens with two attached hydrogens (primary N) is 1. The van der Waals surface area contributed by atoms with Gasteiger partial charge in [-0.25, -0.2) is 4.79 Å². The first kappa shape index (κ1) is 27.0. The van der Waals surface area contributed by atoms with Gasteiger partial charge in [-0.1, -0.05) is 20.3 Å². The lowest BCUT2D eigenvalue weighted by atomic mass is 9.97. The van der Waals surface area contributed by atoms with E-state index in [-0.39, 0.29) is 11.5 Å². The highest BCUT2D eigenvalue weighted by Gasteiger charge is 2.32. The summed E-state index contributed by atoms with van der Waals surface area (Å²) in [6.07, 6.45) is -0.364. The fourth-order valence-corrected chi connectivity index (χ4v) is 2.57. The highest BCUT2D eigenvalue weighted by Crippen LogP contribution is 2.10. The molecule has 13 heteroatoms. The molecule has 166 valence electrons. The van der Waals surface area contributed by atoms with Crippen molar-refractivity contribution in [3.05, 3.63) is 0 Å². The van der Waals surface area contributed by atoms with Crippen LogP contribution in [-0.4, -0.2) is 75.5 Å². The predicted octanol–water partition coefficient (Wildman–Crippen LogP) is -1.77. The molecule has 5 atom stereocenters. The number of carboxylic acid groups (broad SMARTS) is 2. The van der Waals surface area contributed by atoms with Crippen molar-refractivity contribution in [2.75, 3.05) is 11.5 Å². The van der Waals surface area contributed by atoms with Crippen LogP contribution in [0.5, 0.6) is 0 Å². The average Bonchev–Trinajstić information content (AvgIpc) is 2.67. The summed E-state index contributed by atoms with van der Waals surface area (Å²) in [6, 6.07) is -4.84. The van der Waals surface area contributed by atoms with Crippen molar-refractivity contribution in [2.24, 2.45) is 11.7 Å². The number of hydrogen-bond donors (Lipinski definition) is 8. The lowest BCUT2D eigenvalue weighted by Crippen LogP contribution is -2.59. The number of rotatable bonds is 13. The van der Waals surface area contributed by atoms with Gasteiger partial charge < -0.3 is 31.9 Å². The third-order valence-electron chi connectivity index (χ3n) is 4.14. The van der Waals surface area contributed by atoms with Gasteiger partial charge in [0.2, 0.25) is 17.7 Å². The van der Waals surface area contributed by atoms with Gasteiger partial charge in [-0.15, -0.1) is 0 Å². The van der Waals surface area contributed by atoms with Crippen LogP contribution < -0.4 is 21.7 Å². The van der Waals surface area contributed by atoms with Gasteiger partial charge in [0.25, 0.3) is 0 Å². The van der Waals surface area contributed by atoms with Crippen LogP contribution in [0.25, 0.3) is 0 Å². The number of thiol groups is 2. The highest BCUT2D eigenvalue weighted by atomic mass is 32.1. The first-order valence-corrected chi connectivity index (χ1v) is 10.1. The standard InChI is InChI=1S/C16H28N4O7S2/c1-3-7(2)12(15(25)18-9(16(26)27)4-11(21)22)20-14(24)10(6-29)19-13(23)8(17)5-28/h7-10,12,28-29H,3-6,17H2,1-2H3,(H,18,25)(H,19,23)(H,20,24)(H,21,22)(H,26,27). The van der Waals surface area contributed by atoms with Crippen molar-refractivity contribution >= 4 is 54.9 Å². The van der Waals surface area contributed by atoms with E-state index in [0.29, 0.717) is 6.42 Å². The first-order valence-electron chi connectivity index (χ1n) is 8.81. The fraction of sp³-hybridized carbons (Fsp3) is 0.688. The molecule has 3 amide bonds. The Labute approximate surface area is 179 Å². The molecule has 0 aromatic carbocycles. The van der Waals surface area contributed by atoms with E-state index in [1.54, 1.807) is 13.8 Å². The number of hydrogen-bond acceptors (Lipinski definition) is 8. The Hall–Kier alpha value is -1.99. The Morgan fingerprint density at radius 3 is 1.86 bits per heavy atom. The van der Waals surface area contributed by atoms with Crippen LogP contribution in [0.15, 0.2) is 0 Å². The summed E-state index contributed by atoms with van der Waals surface area (Å²) in [6.45, 7) is 3.41. The quantitative estimate of drug-likeness (QED) is 0.151. The molecule has 0 aliphatic rings. The zero-order valence-electron chi connectivity index (χ0n) is 16.1. The Morgan fingerprint density at radius 1 is 0.897 bits per heavy atom. The zero-order chi connectivity index (χ0) is 22.7. The maximum Gasteiger partial charge on any atom is 0.326 e. The van der Waals surface area contributed by atoms with E-state index in [1.807, 2.05) is 0 Å².